The molecule has 16 bridgehead atoms. The molecule has 1 atom stereocenters. The number of aromatic nitrogens is 11. The van der Waals surface area contributed by atoms with Crippen molar-refractivity contribution in [3.63, 3.8) is 0 Å². The monoisotopic (exact) mass is 1380 g/mol. The first-order valence-corrected chi connectivity index (χ1v) is 32.0. The first-order chi connectivity index (χ1) is 47.0. The molecule has 12 N–H and O–H groups in total. The van der Waals surface area contributed by atoms with Gasteiger partial charge >= 0.3 is 0 Å². The highest BCUT2D eigenvalue weighted by molar-refractivity contribution is 8.00. The third-order valence-corrected chi connectivity index (χ3v) is 16.3. The van der Waals surface area contributed by atoms with E-state index in [2.05, 4.69) is 78.8 Å². The highest BCUT2D eigenvalue weighted by Crippen LogP contribution is 2.24. The summed E-state index contributed by atoms with van der Waals surface area (Å²) in [7, 11) is 16.4. The number of rotatable bonds is 8. The Bertz CT molecular complexity index is 4470. The zero-order chi connectivity index (χ0) is 71.5. The normalized spacial score (nSPS) is 15.4. The third-order valence-electron chi connectivity index (χ3n) is 15.3. The van der Waals surface area contributed by atoms with E-state index in [1.165, 1.54) is 131 Å². The molecule has 9 heterocycles. The Morgan fingerprint density at radius 2 is 0.848 bits per heavy atom. The zero-order valence-corrected chi connectivity index (χ0v) is 56.6. The van der Waals surface area contributed by atoms with Gasteiger partial charge in [-0.15, -0.1) is 11.8 Å². The van der Waals surface area contributed by atoms with Gasteiger partial charge in [-0.2, -0.15) is 0 Å². The number of imidazole rings is 3. The van der Waals surface area contributed by atoms with Gasteiger partial charge in [-0.05, 0) is 63.8 Å². The second-order valence-corrected chi connectivity index (χ2v) is 24.6. The van der Waals surface area contributed by atoms with Crippen molar-refractivity contribution < 1.29 is 57.5 Å². The van der Waals surface area contributed by atoms with Crippen LogP contribution in [-0.4, -0.2) is 185 Å². The summed E-state index contributed by atoms with van der Waals surface area (Å²) < 4.78 is 11.5. The van der Waals surface area contributed by atoms with Gasteiger partial charge in [0, 0.05) is 144 Å². The molecule has 0 radical (unpaired) electrons. The average Bonchev–Trinajstić information content (AvgIpc) is 1.69. The number of nitrogens with one attached hydrogen (secondary N) is 12. The predicted octanol–water partition coefficient (Wildman–Crippen LogP) is 1.60. The zero-order valence-electron chi connectivity index (χ0n) is 55.8. The molecule has 0 fully saturated rings. The topological polar surface area (TPSA) is 431 Å². The van der Waals surface area contributed by atoms with Crippen molar-refractivity contribution in [2.75, 3.05) is 94.3 Å². The Hall–Kier alpha value is -12.0. The summed E-state index contributed by atoms with van der Waals surface area (Å²) in [6, 6.07) is 5.90. The van der Waals surface area contributed by atoms with Gasteiger partial charge in [0.2, 0.25) is 41.1 Å². The molecular formula is C62H76N24O12S. The molecule has 37 heteroatoms. The van der Waals surface area contributed by atoms with Crippen LogP contribution in [0.3, 0.4) is 0 Å². The molecule has 99 heavy (non-hydrogen) atoms. The summed E-state index contributed by atoms with van der Waals surface area (Å²) in [6.07, 6.45) is 12.6. The Morgan fingerprint density at radius 3 is 1.28 bits per heavy atom. The van der Waals surface area contributed by atoms with Gasteiger partial charge in [0.05, 0.1) is 34.2 Å². The van der Waals surface area contributed by atoms with Crippen molar-refractivity contribution in [1.29, 1.82) is 0 Å². The molecule has 12 amide bonds. The van der Waals surface area contributed by atoms with Gasteiger partial charge in [-0.25, -0.2) is 15.0 Å². The number of hydrogen-bond donors (Lipinski definition) is 12. The maximum atomic E-state index is 14.0. The van der Waals surface area contributed by atoms with Crippen LogP contribution in [0.1, 0.15) is 110 Å². The summed E-state index contributed by atoms with van der Waals surface area (Å²) in [5.74, 6) is -7.70. The molecule has 1 aliphatic rings. The van der Waals surface area contributed by atoms with Crippen molar-refractivity contribution in [2.45, 2.75) is 31.7 Å². The van der Waals surface area contributed by atoms with Crippen molar-refractivity contribution >= 4 is 129 Å². The van der Waals surface area contributed by atoms with Gasteiger partial charge in [-0.3, -0.25) is 57.5 Å². The van der Waals surface area contributed by atoms with E-state index >= 15 is 0 Å². The number of aryl methyl sites for hydroxylation is 8. The fourth-order valence-electron chi connectivity index (χ4n) is 10.4. The third kappa shape index (κ3) is 18.3. The number of carbonyl (C=O) groups excluding carboxylic acids is 12. The second kappa shape index (κ2) is 31.2. The standard InChI is InChI=1S/C62H76N24O12S/c1-78(2)18-12-16-63-48(87)14-17-65-54(90)39-32-99-33-50(89)73-46-30-85(9)53(75-46)62(98)77-47-31-86(10)52(76-47)61(97)70-38-23-42(81(5)28-38)57(93)66-34-19-40(79(3)24-34)55(91)64-15-11-13-49(88)72-45-29-84(8)51(74-45)60(96)69-37-22-43(82(6)27-37)58(94)67-35-20-41(80(4)25-35)56(92)68-36-21-44(59(95)71-39)83(7)26-36/h19-31,39H,11-18,32-33H2,1-10H3,(H,63,87)(H,64,91)(H,65,90)(H,66,93)(H,67,94)(H,68,92)(H,69,96)(H,70,97)(H,71,95)(H,72,88)(H,73,89)(H,77,98)/t39-/m0/s1. The van der Waals surface area contributed by atoms with E-state index in [-0.39, 0.29) is 142 Å². The van der Waals surface area contributed by atoms with Crippen LogP contribution >= 0.6 is 11.8 Å². The summed E-state index contributed by atoms with van der Waals surface area (Å²) in [4.78, 5) is 177. The fraction of sp³-hybridized carbons (Fsp3) is 0.339. The first kappa shape index (κ1) is 71.3. The molecule has 0 saturated heterocycles. The van der Waals surface area contributed by atoms with E-state index in [0.717, 1.165) is 18.3 Å². The highest BCUT2D eigenvalue weighted by Gasteiger charge is 2.28. The Labute approximate surface area is 569 Å². The van der Waals surface area contributed by atoms with Crippen LogP contribution in [0, 0.1) is 0 Å². The quantitative estimate of drug-likeness (QED) is 0.0961. The summed E-state index contributed by atoms with van der Waals surface area (Å²) in [5.41, 5.74) is 1.81. The second-order valence-electron chi connectivity index (χ2n) is 23.6. The van der Waals surface area contributed by atoms with E-state index in [4.69, 9.17) is 0 Å². The lowest BCUT2D eigenvalue weighted by Crippen LogP contribution is -2.49. The number of amides is 12. The lowest BCUT2D eigenvalue weighted by atomic mass is 10.2. The highest BCUT2D eigenvalue weighted by atomic mass is 32.2. The van der Waals surface area contributed by atoms with Crippen molar-refractivity contribution in [1.82, 2.24) is 77.7 Å². The molecule has 8 aromatic heterocycles. The largest absolute Gasteiger partial charge is 0.356 e. The number of fused-ring (bicyclic) bond motifs is 16. The van der Waals surface area contributed by atoms with Crippen LogP contribution in [-0.2, 0) is 75.6 Å². The molecule has 36 nitrogen and oxygen atoms in total. The minimum absolute atomic E-state index is 0.00311. The first-order valence-electron chi connectivity index (χ1n) is 30.8. The predicted molar refractivity (Wildman–Crippen MR) is 366 cm³/mol. The lowest BCUT2D eigenvalue weighted by Gasteiger charge is -2.18. The van der Waals surface area contributed by atoms with Crippen LogP contribution in [0.2, 0.25) is 0 Å². The van der Waals surface area contributed by atoms with Crippen LogP contribution in [0.25, 0.3) is 0 Å². The Morgan fingerprint density at radius 1 is 0.465 bits per heavy atom. The van der Waals surface area contributed by atoms with E-state index in [0.29, 0.717) is 13.0 Å². The number of carbonyl (C=O) groups is 12. The molecule has 0 aromatic carbocycles. The van der Waals surface area contributed by atoms with Crippen LogP contribution < -0.4 is 63.8 Å². The summed E-state index contributed by atoms with van der Waals surface area (Å²) in [6.45, 7) is 1.22. The van der Waals surface area contributed by atoms with Crippen LogP contribution in [0.15, 0.2) is 79.9 Å². The van der Waals surface area contributed by atoms with Crippen molar-refractivity contribution in [3.8, 4) is 0 Å². The molecule has 1 aliphatic heterocycles. The maximum absolute atomic E-state index is 14.0. The molecule has 0 spiro atoms. The number of anilines is 8. The smallest absolute Gasteiger partial charge is 0.292 e. The van der Waals surface area contributed by atoms with Gasteiger partial charge in [0.15, 0.2) is 17.5 Å². The minimum atomic E-state index is -1.26. The van der Waals surface area contributed by atoms with E-state index in [9.17, 15) is 57.5 Å². The Balaban J connectivity index is 0.900. The van der Waals surface area contributed by atoms with Gasteiger partial charge in [-0.1, -0.05) is 0 Å². The average molecular weight is 1380 g/mol. The van der Waals surface area contributed by atoms with Gasteiger partial charge < -0.3 is 105 Å². The molecule has 0 saturated carbocycles. The number of thioether (sulfide) groups is 1. The molecule has 0 aliphatic carbocycles. The van der Waals surface area contributed by atoms with Gasteiger partial charge in [0.25, 0.3) is 47.3 Å². The van der Waals surface area contributed by atoms with Crippen molar-refractivity contribution in [3.05, 3.63) is 126 Å². The minimum Gasteiger partial charge on any atom is -0.356 e. The lowest BCUT2D eigenvalue weighted by molar-refractivity contribution is -0.123. The molecule has 9 rings (SSSR count). The molecule has 8 aromatic rings. The van der Waals surface area contributed by atoms with Crippen molar-refractivity contribution in [2.24, 2.45) is 56.4 Å². The molecule has 522 valence electrons. The Kier molecular flexibility index (Phi) is 22.5. The van der Waals surface area contributed by atoms with E-state index < -0.39 is 71.0 Å². The molecule has 0 unspecified atom stereocenters. The van der Waals surface area contributed by atoms with Crippen LogP contribution in [0.4, 0.5) is 45.9 Å². The summed E-state index contributed by atoms with van der Waals surface area (Å²) in [5, 5.41) is 32.6. The fourth-order valence-corrected chi connectivity index (χ4v) is 11.2. The summed E-state index contributed by atoms with van der Waals surface area (Å²) >= 11 is 0.989. The number of hydrogen-bond acceptors (Lipinski definition) is 17. The number of nitrogens with zero attached hydrogens (tertiary/aromatic N) is 12. The van der Waals surface area contributed by atoms with E-state index in [1.54, 1.807) is 42.3 Å². The van der Waals surface area contributed by atoms with Gasteiger partial charge in [0.1, 0.15) is 34.5 Å². The molecular weight excluding hydrogens is 1300 g/mol. The maximum Gasteiger partial charge on any atom is 0.292 e. The SMILES string of the molecule is CN(C)CCCNC(=O)CCNC(=O)[C@@H]1CSCC(=O)Nc2cn(C)c(n2)C(=O)Nc2cn(C)c(n2)C(=O)Nc2cc(n(C)c2)C(=O)Nc2cc(n(C)c2)C(=O)NCCCC(=O)Nc2cn(C)c(n2)C(=O)Nc2cc(n(C)c2)C(=O)Nc2cc(n(C)c2)C(=O)Nc2cc(n(C)c2)C(=O)N1. The van der Waals surface area contributed by atoms with E-state index in [1.807, 2.05) is 19.0 Å². The van der Waals surface area contributed by atoms with Crippen LogP contribution in [0.5, 0.6) is 0 Å².